The first kappa shape index (κ1) is 47.5. The zero-order valence-corrected chi connectivity index (χ0v) is 32.8. The van der Waals surface area contributed by atoms with Gasteiger partial charge in [0.1, 0.15) is 6.61 Å². The Morgan fingerprint density at radius 3 is 1.57 bits per heavy atom. The summed E-state index contributed by atoms with van der Waals surface area (Å²) in [5.74, 6) is -0.819. The van der Waals surface area contributed by atoms with Crippen LogP contribution in [-0.4, -0.2) is 68.3 Å². The molecule has 0 aromatic carbocycles. The van der Waals surface area contributed by atoms with Crippen molar-refractivity contribution in [2.45, 2.75) is 174 Å². The third-order valence-corrected chi connectivity index (χ3v) is 9.21. The van der Waals surface area contributed by atoms with Crippen LogP contribution < -0.4 is 0 Å². The van der Waals surface area contributed by atoms with Crippen molar-refractivity contribution in [2.24, 2.45) is 0 Å². The van der Waals surface area contributed by atoms with Crippen LogP contribution in [0.3, 0.4) is 0 Å². The molecule has 0 saturated carbocycles. The van der Waals surface area contributed by atoms with E-state index in [9.17, 15) is 19.0 Å². The van der Waals surface area contributed by atoms with E-state index in [1.54, 1.807) is 0 Å². The molecule has 0 bridgehead atoms. The van der Waals surface area contributed by atoms with Gasteiger partial charge in [-0.2, -0.15) is 0 Å². The molecule has 288 valence electrons. The lowest BCUT2D eigenvalue weighted by Crippen LogP contribution is -2.29. The van der Waals surface area contributed by atoms with Gasteiger partial charge in [-0.15, -0.1) is 0 Å². The fraction of sp³-hybridized carbons (Fsp3) is 0.846. The first-order valence-corrected chi connectivity index (χ1v) is 21.1. The molecule has 0 aliphatic rings. The van der Waals surface area contributed by atoms with E-state index in [-0.39, 0.29) is 32.0 Å². The van der Waals surface area contributed by atoms with Gasteiger partial charge in [-0.1, -0.05) is 122 Å². The molecule has 0 aromatic heterocycles. The van der Waals surface area contributed by atoms with Gasteiger partial charge in [0.2, 0.25) is 0 Å². The normalized spacial score (nSPS) is 13.8. The van der Waals surface area contributed by atoms with Crippen molar-refractivity contribution in [3.63, 3.8) is 0 Å². The number of nitrogens with zero attached hydrogens (tertiary/aromatic N) is 1. The molecule has 2 atom stereocenters. The molecular weight excluding hydrogens is 641 g/mol. The first-order chi connectivity index (χ1) is 23.7. The fourth-order valence-electron chi connectivity index (χ4n) is 5.13. The summed E-state index contributed by atoms with van der Waals surface area (Å²) in [7, 11) is -0.714. The third-order valence-electron chi connectivity index (χ3n) is 8.23. The Labute approximate surface area is 300 Å². The molecule has 1 N–H and O–H groups in total. The van der Waals surface area contributed by atoms with Crippen LogP contribution in [-0.2, 0) is 32.7 Å². The predicted molar refractivity (Wildman–Crippen MR) is 202 cm³/mol. The number of carbonyl (C=O) groups is 2. The minimum absolute atomic E-state index is 0.00591. The second-order valence-corrected chi connectivity index (χ2v) is 14.9. The van der Waals surface area contributed by atoms with Gasteiger partial charge in [0.25, 0.3) is 0 Å². The Hall–Kier alpha value is -1.51. The minimum Gasteiger partial charge on any atom is -0.462 e. The zero-order valence-electron chi connectivity index (χ0n) is 31.9. The topological polar surface area (TPSA) is 112 Å². The molecule has 0 heterocycles. The van der Waals surface area contributed by atoms with E-state index >= 15 is 0 Å². The van der Waals surface area contributed by atoms with E-state index in [0.29, 0.717) is 13.0 Å². The average Bonchev–Trinajstić information content (AvgIpc) is 3.06. The van der Waals surface area contributed by atoms with E-state index in [4.69, 9.17) is 18.5 Å². The molecule has 0 spiro atoms. The summed E-state index contributed by atoms with van der Waals surface area (Å²) in [4.78, 5) is 36.8. The number of phosphoric acid groups is 1. The largest absolute Gasteiger partial charge is 0.472 e. The molecule has 2 unspecified atom stereocenters. The Morgan fingerprint density at radius 2 is 1.06 bits per heavy atom. The Morgan fingerprint density at radius 1 is 0.612 bits per heavy atom. The Kier molecular flexibility index (Phi) is 33.8. The van der Waals surface area contributed by atoms with Crippen molar-refractivity contribution in [3.05, 3.63) is 24.3 Å². The van der Waals surface area contributed by atoms with Crippen LogP contribution in [0.15, 0.2) is 24.3 Å². The quantitative estimate of drug-likeness (QED) is 0.0293. The zero-order chi connectivity index (χ0) is 36.3. The predicted octanol–water partition coefficient (Wildman–Crippen LogP) is 10.7. The van der Waals surface area contributed by atoms with E-state index < -0.39 is 26.5 Å². The molecule has 0 aromatic rings. The van der Waals surface area contributed by atoms with Crippen molar-refractivity contribution >= 4 is 19.8 Å². The van der Waals surface area contributed by atoms with Crippen LogP contribution >= 0.6 is 7.82 Å². The van der Waals surface area contributed by atoms with E-state index in [0.717, 1.165) is 64.2 Å². The SMILES string of the molecule is CCCC/C=C\CCCCCCCC(=O)OC(COC(=O)CCCCCCCCC/C=C\CCCCCC)COP(=O)(O)OCCN(C)C. The number of hydrogen-bond acceptors (Lipinski definition) is 8. The smallest absolute Gasteiger partial charge is 0.462 e. The molecule has 9 nitrogen and oxygen atoms in total. The Balaban J connectivity index is 4.34. The highest BCUT2D eigenvalue weighted by Gasteiger charge is 2.26. The molecule has 49 heavy (non-hydrogen) atoms. The van der Waals surface area contributed by atoms with Crippen LogP contribution in [0.1, 0.15) is 168 Å². The number of hydrogen-bond donors (Lipinski definition) is 1. The minimum atomic E-state index is -4.35. The highest BCUT2D eigenvalue weighted by atomic mass is 31.2. The lowest BCUT2D eigenvalue weighted by molar-refractivity contribution is -0.161. The summed E-state index contributed by atoms with van der Waals surface area (Å²) < 4.78 is 33.3. The standard InChI is InChI=1S/C39H74NO8P/c1-5-7-9-11-13-15-17-18-19-20-22-23-25-27-29-31-38(41)45-35-37(36-47-49(43,44)46-34-33-40(3)4)48-39(42)32-30-28-26-24-21-16-14-12-10-8-6-2/h12,14-15,17,37H,5-11,13,16,18-36H2,1-4H3,(H,43,44)/b14-12-,17-15-. The number of likely N-dealkylation sites (N-methyl/N-ethyl adjacent to an activating group) is 1. The van der Waals surface area contributed by atoms with Crippen LogP contribution in [0.5, 0.6) is 0 Å². The maximum atomic E-state index is 12.6. The molecule has 0 rings (SSSR count). The van der Waals surface area contributed by atoms with Gasteiger partial charge in [0.05, 0.1) is 13.2 Å². The van der Waals surface area contributed by atoms with Gasteiger partial charge in [-0.05, 0) is 71.9 Å². The number of allylic oxidation sites excluding steroid dienone is 4. The lowest BCUT2D eigenvalue weighted by atomic mass is 10.1. The van der Waals surface area contributed by atoms with Crippen LogP contribution in [0.25, 0.3) is 0 Å². The van der Waals surface area contributed by atoms with E-state index in [1.165, 1.54) is 70.6 Å². The Bertz CT molecular complexity index is 879. The summed E-state index contributed by atoms with van der Waals surface area (Å²) in [6.45, 7) is 4.25. The molecule has 0 fully saturated rings. The molecular formula is C39H74NO8P. The summed E-state index contributed by atoms with van der Waals surface area (Å²) in [5.41, 5.74) is 0. The molecule has 10 heteroatoms. The fourth-order valence-corrected chi connectivity index (χ4v) is 5.87. The molecule has 0 amide bonds. The van der Waals surface area contributed by atoms with Gasteiger partial charge in [-0.25, -0.2) is 4.57 Å². The van der Waals surface area contributed by atoms with Crippen LogP contribution in [0, 0.1) is 0 Å². The van der Waals surface area contributed by atoms with Crippen molar-refractivity contribution in [1.29, 1.82) is 0 Å². The summed E-state index contributed by atoms with van der Waals surface area (Å²) >= 11 is 0. The van der Waals surface area contributed by atoms with Gasteiger partial charge in [-0.3, -0.25) is 18.6 Å². The maximum absolute atomic E-state index is 12.6. The lowest BCUT2D eigenvalue weighted by Gasteiger charge is -2.20. The van der Waals surface area contributed by atoms with Crippen molar-refractivity contribution < 1.29 is 37.6 Å². The number of phosphoric ester groups is 1. The van der Waals surface area contributed by atoms with E-state index in [1.807, 2.05) is 19.0 Å². The van der Waals surface area contributed by atoms with Crippen molar-refractivity contribution in [2.75, 3.05) is 40.5 Å². The summed E-state index contributed by atoms with van der Waals surface area (Å²) in [6, 6.07) is 0. The molecule has 0 radical (unpaired) electrons. The highest BCUT2D eigenvalue weighted by Crippen LogP contribution is 2.43. The second kappa shape index (κ2) is 34.9. The number of unbranched alkanes of at least 4 members (excludes halogenated alkanes) is 18. The highest BCUT2D eigenvalue weighted by molar-refractivity contribution is 7.47. The molecule has 0 saturated heterocycles. The monoisotopic (exact) mass is 716 g/mol. The average molecular weight is 716 g/mol. The van der Waals surface area contributed by atoms with Gasteiger partial charge < -0.3 is 19.3 Å². The number of esters is 2. The van der Waals surface area contributed by atoms with Crippen molar-refractivity contribution in [3.8, 4) is 0 Å². The van der Waals surface area contributed by atoms with Gasteiger partial charge in [0, 0.05) is 19.4 Å². The molecule has 0 aliphatic heterocycles. The number of rotatable bonds is 36. The van der Waals surface area contributed by atoms with E-state index in [2.05, 4.69) is 38.2 Å². The number of ether oxygens (including phenoxy) is 2. The van der Waals surface area contributed by atoms with Gasteiger partial charge in [0.15, 0.2) is 6.10 Å². The third kappa shape index (κ3) is 36.1. The van der Waals surface area contributed by atoms with Crippen LogP contribution in [0.2, 0.25) is 0 Å². The van der Waals surface area contributed by atoms with Gasteiger partial charge >= 0.3 is 19.8 Å². The second-order valence-electron chi connectivity index (χ2n) is 13.5. The van der Waals surface area contributed by atoms with Crippen molar-refractivity contribution in [1.82, 2.24) is 4.90 Å². The maximum Gasteiger partial charge on any atom is 0.472 e. The van der Waals surface area contributed by atoms with Crippen LogP contribution in [0.4, 0.5) is 0 Å². The molecule has 0 aliphatic carbocycles. The summed E-state index contributed by atoms with van der Waals surface area (Å²) in [6.07, 6.45) is 33.6. The number of carbonyl (C=O) groups excluding carboxylic acids is 2. The first-order valence-electron chi connectivity index (χ1n) is 19.6. The summed E-state index contributed by atoms with van der Waals surface area (Å²) in [5, 5.41) is 0.